The van der Waals surface area contributed by atoms with Crippen LogP contribution < -0.4 is 10.0 Å². The monoisotopic (exact) mass is 362 g/mol. The third-order valence-electron chi connectivity index (χ3n) is 3.03. The summed E-state index contributed by atoms with van der Waals surface area (Å²) in [7, 11) is -3.32. The first kappa shape index (κ1) is 18.3. The van der Waals surface area contributed by atoms with Crippen molar-refractivity contribution < 1.29 is 8.42 Å². The number of aromatic nitrogens is 1. The molecule has 1 aromatic carbocycles. The smallest absolute Gasteiger partial charge is 0.212 e. The van der Waals surface area contributed by atoms with Gasteiger partial charge in [0.1, 0.15) is 11.9 Å². The number of rotatable bonds is 9. The maximum Gasteiger partial charge on any atom is 0.212 e. The first-order valence-electron chi connectivity index (χ1n) is 7.35. The summed E-state index contributed by atoms with van der Waals surface area (Å²) >= 11 is 1.51. The highest BCUT2D eigenvalue weighted by molar-refractivity contribution is 8.00. The molecule has 24 heavy (non-hydrogen) atoms. The van der Waals surface area contributed by atoms with Crippen molar-refractivity contribution in [2.75, 3.05) is 29.9 Å². The highest BCUT2D eigenvalue weighted by Gasteiger charge is 2.10. The molecule has 126 valence electrons. The van der Waals surface area contributed by atoms with Gasteiger partial charge in [-0.1, -0.05) is 18.2 Å². The molecule has 0 saturated carbocycles. The Balaban J connectivity index is 1.70. The van der Waals surface area contributed by atoms with Gasteiger partial charge < -0.3 is 5.32 Å². The molecule has 0 aliphatic rings. The number of hydrogen-bond acceptors (Lipinski definition) is 6. The second kappa shape index (κ2) is 9.27. The van der Waals surface area contributed by atoms with Crippen LogP contribution >= 0.6 is 11.8 Å². The lowest BCUT2D eigenvalue weighted by Gasteiger charge is -2.09. The third kappa shape index (κ3) is 6.20. The predicted molar refractivity (Wildman–Crippen MR) is 96.4 cm³/mol. The zero-order valence-electron chi connectivity index (χ0n) is 13.0. The minimum atomic E-state index is -3.32. The topological polar surface area (TPSA) is 94.9 Å². The first-order chi connectivity index (χ1) is 11.6. The fourth-order valence-electron chi connectivity index (χ4n) is 1.88. The van der Waals surface area contributed by atoms with E-state index in [-0.39, 0.29) is 12.3 Å². The van der Waals surface area contributed by atoms with E-state index in [0.29, 0.717) is 23.7 Å². The van der Waals surface area contributed by atoms with Crippen molar-refractivity contribution in [3.05, 3.63) is 54.2 Å². The predicted octanol–water partition coefficient (Wildman–Crippen LogP) is 2.08. The van der Waals surface area contributed by atoms with Gasteiger partial charge in [0, 0.05) is 29.9 Å². The maximum absolute atomic E-state index is 11.9. The molecule has 1 aromatic heterocycles. The summed E-state index contributed by atoms with van der Waals surface area (Å²) in [6.45, 7) is 0.594. The van der Waals surface area contributed by atoms with Crippen LogP contribution in [0.2, 0.25) is 0 Å². The minimum absolute atomic E-state index is 0.0552. The molecule has 8 heteroatoms. The largest absolute Gasteiger partial charge is 0.368 e. The second-order valence-electron chi connectivity index (χ2n) is 4.81. The van der Waals surface area contributed by atoms with E-state index in [4.69, 9.17) is 5.26 Å². The Morgan fingerprint density at radius 3 is 2.67 bits per heavy atom. The molecule has 0 saturated heterocycles. The Morgan fingerprint density at radius 2 is 1.92 bits per heavy atom. The maximum atomic E-state index is 11.9. The fraction of sp³-hybridized carbons (Fsp3) is 0.250. The number of nitrogens with one attached hydrogen (secondary N) is 2. The second-order valence-corrected chi connectivity index (χ2v) is 7.91. The molecule has 0 aliphatic heterocycles. The Morgan fingerprint density at radius 1 is 1.12 bits per heavy atom. The molecule has 0 unspecified atom stereocenters. The Bertz CT molecular complexity index is 789. The Labute approximate surface area is 146 Å². The van der Waals surface area contributed by atoms with Crippen LogP contribution in [0.3, 0.4) is 0 Å². The van der Waals surface area contributed by atoms with Gasteiger partial charge >= 0.3 is 0 Å². The third-order valence-corrected chi connectivity index (χ3v) is 5.69. The van der Waals surface area contributed by atoms with Crippen LogP contribution in [-0.4, -0.2) is 38.0 Å². The van der Waals surface area contributed by atoms with Gasteiger partial charge in [-0.25, -0.2) is 18.1 Å². The van der Waals surface area contributed by atoms with Crippen LogP contribution in [0.1, 0.15) is 5.56 Å². The van der Waals surface area contributed by atoms with Crippen molar-refractivity contribution in [3.8, 4) is 6.07 Å². The number of nitriles is 1. The van der Waals surface area contributed by atoms with Crippen LogP contribution in [0.4, 0.5) is 5.82 Å². The van der Waals surface area contributed by atoms with E-state index >= 15 is 0 Å². The van der Waals surface area contributed by atoms with Gasteiger partial charge in [0.2, 0.25) is 10.0 Å². The Hall–Kier alpha value is -2.08. The number of hydrogen-bond donors (Lipinski definition) is 2. The zero-order chi connectivity index (χ0) is 17.3. The molecule has 0 atom stereocenters. The standard InChI is InChI=1S/C16H18N4O2S2/c17-13-14-5-4-8-18-16(14)19-9-10-20-24(21,22)12-11-23-15-6-2-1-3-7-15/h1-8,20H,9-12H2,(H,18,19). The summed E-state index contributed by atoms with van der Waals surface area (Å²) in [6.07, 6.45) is 1.58. The number of anilines is 1. The van der Waals surface area contributed by atoms with Gasteiger partial charge in [0.15, 0.2) is 0 Å². The first-order valence-corrected chi connectivity index (χ1v) is 9.99. The van der Waals surface area contributed by atoms with E-state index < -0.39 is 10.0 Å². The SMILES string of the molecule is N#Cc1cccnc1NCCNS(=O)(=O)CCSc1ccccc1. The normalized spacial score (nSPS) is 11.0. The Kier molecular flexibility index (Phi) is 7.06. The summed E-state index contributed by atoms with van der Waals surface area (Å²) in [5.74, 6) is 1.00. The van der Waals surface area contributed by atoms with Crippen molar-refractivity contribution in [2.24, 2.45) is 0 Å². The summed E-state index contributed by atoms with van der Waals surface area (Å²) in [6, 6.07) is 15.0. The molecule has 2 rings (SSSR count). The molecule has 2 N–H and O–H groups in total. The van der Waals surface area contributed by atoms with Crippen molar-refractivity contribution in [2.45, 2.75) is 4.90 Å². The van der Waals surface area contributed by atoms with Gasteiger partial charge in [0.05, 0.1) is 11.3 Å². The number of sulfonamides is 1. The molecule has 0 spiro atoms. The van der Waals surface area contributed by atoms with Crippen molar-refractivity contribution >= 4 is 27.6 Å². The van der Waals surface area contributed by atoms with Gasteiger partial charge in [-0.05, 0) is 24.3 Å². The zero-order valence-corrected chi connectivity index (χ0v) is 14.6. The van der Waals surface area contributed by atoms with Crippen LogP contribution in [0.25, 0.3) is 0 Å². The molecule has 0 bridgehead atoms. The number of benzene rings is 1. The minimum Gasteiger partial charge on any atom is -0.368 e. The molecule has 1 heterocycles. The molecule has 0 amide bonds. The molecular weight excluding hydrogens is 344 g/mol. The number of nitrogens with zero attached hydrogens (tertiary/aromatic N) is 2. The lowest BCUT2D eigenvalue weighted by molar-refractivity contribution is 0.584. The van der Waals surface area contributed by atoms with Crippen molar-refractivity contribution in [1.82, 2.24) is 9.71 Å². The lowest BCUT2D eigenvalue weighted by Crippen LogP contribution is -2.31. The van der Waals surface area contributed by atoms with Crippen LogP contribution in [-0.2, 0) is 10.0 Å². The van der Waals surface area contributed by atoms with E-state index in [1.807, 2.05) is 36.4 Å². The molecule has 2 aromatic rings. The van der Waals surface area contributed by atoms with Gasteiger partial charge in [0.25, 0.3) is 0 Å². The van der Waals surface area contributed by atoms with E-state index in [1.54, 1.807) is 18.3 Å². The van der Waals surface area contributed by atoms with Crippen LogP contribution in [0, 0.1) is 11.3 Å². The van der Waals surface area contributed by atoms with E-state index in [9.17, 15) is 8.42 Å². The average Bonchev–Trinajstić information content (AvgIpc) is 2.60. The summed E-state index contributed by atoms with van der Waals surface area (Å²) in [5.41, 5.74) is 0.430. The average molecular weight is 362 g/mol. The van der Waals surface area contributed by atoms with Crippen molar-refractivity contribution in [1.29, 1.82) is 5.26 Å². The van der Waals surface area contributed by atoms with Crippen LogP contribution in [0.15, 0.2) is 53.6 Å². The summed E-state index contributed by atoms with van der Waals surface area (Å²) in [4.78, 5) is 5.10. The van der Waals surface area contributed by atoms with E-state index in [0.717, 1.165) is 4.90 Å². The highest BCUT2D eigenvalue weighted by Crippen LogP contribution is 2.16. The molecular formula is C16H18N4O2S2. The van der Waals surface area contributed by atoms with E-state index in [1.165, 1.54) is 11.8 Å². The quantitative estimate of drug-likeness (QED) is 0.524. The van der Waals surface area contributed by atoms with Crippen molar-refractivity contribution in [3.63, 3.8) is 0 Å². The number of thioether (sulfide) groups is 1. The van der Waals surface area contributed by atoms with E-state index in [2.05, 4.69) is 15.0 Å². The highest BCUT2D eigenvalue weighted by atomic mass is 32.2. The molecule has 0 radical (unpaired) electrons. The molecule has 6 nitrogen and oxygen atoms in total. The van der Waals surface area contributed by atoms with Gasteiger partial charge in [-0.2, -0.15) is 5.26 Å². The number of pyridine rings is 1. The van der Waals surface area contributed by atoms with Gasteiger partial charge in [-0.3, -0.25) is 0 Å². The lowest BCUT2D eigenvalue weighted by atomic mass is 10.3. The summed E-state index contributed by atoms with van der Waals surface area (Å²) < 4.78 is 26.4. The molecule has 0 fully saturated rings. The van der Waals surface area contributed by atoms with Crippen LogP contribution in [0.5, 0.6) is 0 Å². The fourth-order valence-corrected chi connectivity index (χ4v) is 4.24. The molecule has 0 aliphatic carbocycles. The van der Waals surface area contributed by atoms with Gasteiger partial charge in [-0.15, -0.1) is 11.8 Å². The summed E-state index contributed by atoms with van der Waals surface area (Å²) in [5, 5.41) is 11.9.